The molecule has 2 heterocycles. The Morgan fingerprint density at radius 2 is 1.41 bits per heavy atom. The third-order valence-corrected chi connectivity index (χ3v) is 10.9. The van der Waals surface area contributed by atoms with Gasteiger partial charge in [0.05, 0.1) is 4.90 Å². The summed E-state index contributed by atoms with van der Waals surface area (Å²) in [6, 6.07) is 31.4. The van der Waals surface area contributed by atoms with Crippen molar-refractivity contribution in [2.75, 3.05) is 6.54 Å². The van der Waals surface area contributed by atoms with Crippen molar-refractivity contribution in [3.05, 3.63) is 137 Å². The second-order valence-electron chi connectivity index (χ2n) is 12.2. The summed E-state index contributed by atoms with van der Waals surface area (Å²) in [6.45, 7) is 3.78. The summed E-state index contributed by atoms with van der Waals surface area (Å²) in [5, 5.41) is 2.39. The van der Waals surface area contributed by atoms with Crippen LogP contribution in [0.3, 0.4) is 0 Å². The van der Waals surface area contributed by atoms with E-state index in [2.05, 4.69) is 63.5 Å². The number of Topliss-reactive ketones (excluding diaryl/α,β-unsaturated/α-hetero) is 1. The van der Waals surface area contributed by atoms with Gasteiger partial charge in [-0.3, -0.25) is 4.79 Å². The normalized spacial score (nSPS) is 18.3. The Hall–Kier alpha value is -4.46. The molecule has 0 aliphatic heterocycles. The van der Waals surface area contributed by atoms with E-state index >= 15 is 0 Å². The van der Waals surface area contributed by atoms with Crippen LogP contribution in [0, 0.1) is 12.8 Å². The minimum absolute atomic E-state index is 0.0109. The standard InChI is InChI=1S/C37H35N3O3S/c1-24-11-17-29(18-12-24)44(42,43)40-23-37(27-15-13-26(14-16-27)25(2)41)20-28(37)19-32(33-21-38-35-9-5-3-7-30(33)35)34-22-39-36-10-6-4-8-31(34)36/h3-18,21-22,28,32,38-40H,19-20,23H2,1-2H3. The second-order valence-corrected chi connectivity index (χ2v) is 14.0. The Bertz CT molecular complexity index is 2020. The molecule has 1 aliphatic rings. The van der Waals surface area contributed by atoms with Crippen LogP contribution < -0.4 is 4.72 Å². The van der Waals surface area contributed by atoms with E-state index in [-0.39, 0.29) is 29.1 Å². The van der Waals surface area contributed by atoms with Gasteiger partial charge in [-0.25, -0.2) is 13.1 Å². The Labute approximate surface area is 257 Å². The van der Waals surface area contributed by atoms with Gasteiger partial charge in [-0.05, 0) is 73.6 Å². The van der Waals surface area contributed by atoms with E-state index in [0.29, 0.717) is 5.56 Å². The number of sulfonamides is 1. The Morgan fingerprint density at radius 3 is 1.98 bits per heavy atom. The van der Waals surface area contributed by atoms with Crippen LogP contribution >= 0.6 is 0 Å². The zero-order valence-electron chi connectivity index (χ0n) is 24.8. The fraction of sp³-hybridized carbons (Fsp3) is 0.216. The van der Waals surface area contributed by atoms with E-state index in [4.69, 9.17) is 0 Å². The molecular formula is C37H35N3O3S. The number of nitrogens with one attached hydrogen (secondary N) is 3. The highest BCUT2D eigenvalue weighted by Crippen LogP contribution is 2.59. The third kappa shape index (κ3) is 5.06. The van der Waals surface area contributed by atoms with Gasteiger partial charge in [0, 0.05) is 57.6 Å². The number of hydrogen-bond donors (Lipinski definition) is 3. The van der Waals surface area contributed by atoms with Crippen molar-refractivity contribution in [3.8, 4) is 0 Å². The van der Waals surface area contributed by atoms with Crippen LogP contribution in [0.4, 0.5) is 0 Å². The summed E-state index contributed by atoms with van der Waals surface area (Å²) in [4.78, 5) is 19.3. The molecule has 2 atom stereocenters. The first kappa shape index (κ1) is 28.3. The number of aromatic amines is 2. The molecule has 0 spiro atoms. The fourth-order valence-electron chi connectivity index (χ4n) is 6.89. The molecule has 1 fully saturated rings. The van der Waals surface area contributed by atoms with Crippen molar-refractivity contribution in [2.45, 2.75) is 42.9 Å². The molecule has 7 rings (SSSR count). The fourth-order valence-corrected chi connectivity index (χ4v) is 8.00. The summed E-state index contributed by atoms with van der Waals surface area (Å²) >= 11 is 0. The topological polar surface area (TPSA) is 94.8 Å². The first-order valence-electron chi connectivity index (χ1n) is 15.0. The molecule has 44 heavy (non-hydrogen) atoms. The number of aromatic nitrogens is 2. The molecule has 0 saturated heterocycles. The van der Waals surface area contributed by atoms with Crippen molar-refractivity contribution in [1.82, 2.24) is 14.7 Å². The number of aryl methyl sites for hydroxylation is 1. The highest BCUT2D eigenvalue weighted by Gasteiger charge is 2.56. The SMILES string of the molecule is CC(=O)c1ccc(C2(CNS(=O)(=O)c3ccc(C)cc3)CC2CC(c2c[nH]c3ccccc23)c2c[nH]c3ccccc23)cc1. The van der Waals surface area contributed by atoms with Crippen LogP contribution in [0.5, 0.6) is 0 Å². The molecule has 2 unspecified atom stereocenters. The number of para-hydroxylation sites is 2. The van der Waals surface area contributed by atoms with Crippen molar-refractivity contribution in [3.63, 3.8) is 0 Å². The number of hydrogen-bond acceptors (Lipinski definition) is 3. The Kier molecular flexibility index (Phi) is 7.03. The summed E-state index contributed by atoms with van der Waals surface area (Å²) in [6.07, 6.45) is 5.93. The molecule has 3 N–H and O–H groups in total. The van der Waals surface area contributed by atoms with Gasteiger partial charge in [0.1, 0.15) is 0 Å². The van der Waals surface area contributed by atoms with Crippen LogP contribution in [0.2, 0.25) is 0 Å². The number of ketones is 1. The van der Waals surface area contributed by atoms with Crippen LogP contribution in [0.25, 0.3) is 21.8 Å². The lowest BCUT2D eigenvalue weighted by Gasteiger charge is -2.23. The summed E-state index contributed by atoms with van der Waals surface area (Å²) in [7, 11) is -3.71. The van der Waals surface area contributed by atoms with Gasteiger partial charge in [0.25, 0.3) is 0 Å². The van der Waals surface area contributed by atoms with Gasteiger partial charge < -0.3 is 9.97 Å². The van der Waals surface area contributed by atoms with Gasteiger partial charge in [0.2, 0.25) is 10.0 Å². The van der Waals surface area contributed by atoms with Crippen molar-refractivity contribution in [2.24, 2.45) is 5.92 Å². The first-order valence-corrected chi connectivity index (χ1v) is 16.5. The summed E-state index contributed by atoms with van der Waals surface area (Å²) < 4.78 is 29.8. The molecule has 0 bridgehead atoms. The average molecular weight is 602 g/mol. The number of H-pyrrole nitrogens is 2. The lowest BCUT2D eigenvalue weighted by molar-refractivity contribution is 0.101. The molecule has 7 heteroatoms. The molecule has 0 amide bonds. The number of carbonyl (C=O) groups is 1. The van der Waals surface area contributed by atoms with Crippen LogP contribution in [0.15, 0.2) is 114 Å². The highest BCUT2D eigenvalue weighted by molar-refractivity contribution is 7.89. The number of carbonyl (C=O) groups excluding carboxylic acids is 1. The lowest BCUT2D eigenvalue weighted by Crippen LogP contribution is -2.33. The smallest absolute Gasteiger partial charge is 0.240 e. The maximum atomic E-state index is 13.4. The minimum atomic E-state index is -3.71. The molecular weight excluding hydrogens is 566 g/mol. The van der Waals surface area contributed by atoms with E-state index < -0.39 is 15.4 Å². The van der Waals surface area contributed by atoms with E-state index in [1.807, 2.05) is 55.5 Å². The Balaban J connectivity index is 1.27. The van der Waals surface area contributed by atoms with Crippen LogP contribution in [-0.4, -0.2) is 30.7 Å². The molecule has 6 aromatic rings. The minimum Gasteiger partial charge on any atom is -0.361 e. The van der Waals surface area contributed by atoms with Crippen LogP contribution in [0.1, 0.15) is 58.3 Å². The van der Waals surface area contributed by atoms with Crippen LogP contribution in [-0.2, 0) is 15.4 Å². The molecule has 1 aliphatic carbocycles. The quantitative estimate of drug-likeness (QED) is 0.141. The maximum absolute atomic E-state index is 13.4. The maximum Gasteiger partial charge on any atom is 0.240 e. The van der Waals surface area contributed by atoms with Crippen molar-refractivity contribution < 1.29 is 13.2 Å². The first-order chi connectivity index (χ1) is 21.2. The predicted molar refractivity (Wildman–Crippen MR) is 176 cm³/mol. The lowest BCUT2D eigenvalue weighted by atomic mass is 9.83. The third-order valence-electron chi connectivity index (χ3n) is 9.52. The Morgan fingerprint density at radius 1 is 0.841 bits per heavy atom. The van der Waals surface area contributed by atoms with Crippen molar-refractivity contribution >= 4 is 37.6 Å². The van der Waals surface area contributed by atoms with Gasteiger partial charge >= 0.3 is 0 Å². The van der Waals surface area contributed by atoms with E-state index in [1.54, 1.807) is 19.1 Å². The van der Waals surface area contributed by atoms with E-state index in [9.17, 15) is 13.2 Å². The van der Waals surface area contributed by atoms with Crippen molar-refractivity contribution in [1.29, 1.82) is 0 Å². The van der Waals surface area contributed by atoms with Gasteiger partial charge in [0.15, 0.2) is 5.78 Å². The molecule has 4 aromatic carbocycles. The average Bonchev–Trinajstić information content (AvgIpc) is 3.33. The van der Waals surface area contributed by atoms with E-state index in [0.717, 1.165) is 35.0 Å². The second kappa shape index (κ2) is 10.9. The summed E-state index contributed by atoms with van der Waals surface area (Å²) in [5.41, 5.74) is 6.97. The highest BCUT2D eigenvalue weighted by atomic mass is 32.2. The largest absolute Gasteiger partial charge is 0.361 e. The number of fused-ring (bicyclic) bond motifs is 2. The molecule has 222 valence electrons. The molecule has 1 saturated carbocycles. The number of rotatable bonds is 10. The summed E-state index contributed by atoms with van der Waals surface area (Å²) in [5.74, 6) is 0.301. The number of benzene rings is 4. The zero-order valence-corrected chi connectivity index (χ0v) is 25.6. The molecule has 2 aromatic heterocycles. The van der Waals surface area contributed by atoms with Gasteiger partial charge in [-0.1, -0.05) is 78.4 Å². The zero-order chi connectivity index (χ0) is 30.5. The molecule has 6 nitrogen and oxygen atoms in total. The predicted octanol–water partition coefficient (Wildman–Crippen LogP) is 7.62. The molecule has 0 radical (unpaired) electrons. The van der Waals surface area contributed by atoms with Gasteiger partial charge in [-0.2, -0.15) is 0 Å². The van der Waals surface area contributed by atoms with Gasteiger partial charge in [-0.15, -0.1) is 0 Å². The monoisotopic (exact) mass is 601 g/mol. The van der Waals surface area contributed by atoms with E-state index in [1.165, 1.54) is 21.9 Å².